The van der Waals surface area contributed by atoms with E-state index in [0.717, 1.165) is 35.2 Å². The van der Waals surface area contributed by atoms with Crippen molar-refractivity contribution >= 4 is 22.4 Å². The highest BCUT2D eigenvalue weighted by Crippen LogP contribution is 2.26. The van der Waals surface area contributed by atoms with Crippen LogP contribution in [0.25, 0.3) is 10.9 Å². The van der Waals surface area contributed by atoms with Crippen molar-refractivity contribution in [1.29, 1.82) is 0 Å². The highest BCUT2D eigenvalue weighted by Gasteiger charge is 2.19. The Balaban J connectivity index is 2.35. The van der Waals surface area contributed by atoms with Crippen LogP contribution in [0.4, 0.5) is 5.69 Å². The van der Waals surface area contributed by atoms with Crippen LogP contribution in [-0.4, -0.2) is 10.4 Å². The van der Waals surface area contributed by atoms with E-state index in [1.807, 2.05) is 24.3 Å². The van der Waals surface area contributed by atoms with Crippen molar-refractivity contribution in [3.63, 3.8) is 0 Å². The molecular weight excluding hydrogens is 188 g/mol. The van der Waals surface area contributed by atoms with Crippen LogP contribution in [-0.2, 0) is 6.54 Å². The molecule has 3 rings (SSSR count). The van der Waals surface area contributed by atoms with Gasteiger partial charge in [-0.05, 0) is 30.7 Å². The zero-order chi connectivity index (χ0) is 10.4. The quantitative estimate of drug-likeness (QED) is 0.663. The molecule has 3 nitrogen and oxygen atoms in total. The van der Waals surface area contributed by atoms with E-state index in [0.29, 0.717) is 6.42 Å². The molecule has 0 saturated carbocycles. The molecule has 0 aliphatic carbocycles. The van der Waals surface area contributed by atoms with Crippen molar-refractivity contribution in [2.75, 3.05) is 5.73 Å². The number of nitrogens with two attached hydrogens (primary N) is 1. The van der Waals surface area contributed by atoms with Crippen LogP contribution in [0.1, 0.15) is 23.3 Å². The number of rotatable bonds is 0. The number of benzene rings is 1. The summed E-state index contributed by atoms with van der Waals surface area (Å²) in [6.07, 6.45) is 1.62. The maximum absolute atomic E-state index is 11.7. The van der Waals surface area contributed by atoms with Gasteiger partial charge in [-0.2, -0.15) is 0 Å². The molecule has 1 aromatic carbocycles. The third-order valence-corrected chi connectivity index (χ3v) is 3.00. The number of Topliss-reactive ketones (excluding diaryl/α,β-unsaturated/α-hetero) is 1. The van der Waals surface area contributed by atoms with Crippen LogP contribution in [0.3, 0.4) is 0 Å². The molecule has 0 atom stereocenters. The standard InChI is InChI=1S/C12H12N2O/c13-9-3-4-10-8(6-9)7-11-12(15)2-1-5-14(10)11/h3-4,6-7H,1-2,5,13H2. The van der Waals surface area contributed by atoms with Gasteiger partial charge in [0, 0.05) is 29.6 Å². The van der Waals surface area contributed by atoms with Gasteiger partial charge in [-0.25, -0.2) is 0 Å². The molecule has 15 heavy (non-hydrogen) atoms. The molecule has 0 unspecified atom stereocenters. The molecule has 0 fully saturated rings. The molecule has 2 aromatic rings. The van der Waals surface area contributed by atoms with E-state index in [4.69, 9.17) is 5.73 Å². The Bertz CT molecular complexity index is 554. The Morgan fingerprint density at radius 2 is 2.13 bits per heavy atom. The van der Waals surface area contributed by atoms with Gasteiger partial charge in [0.05, 0.1) is 5.69 Å². The Kier molecular flexibility index (Phi) is 1.63. The number of fused-ring (bicyclic) bond motifs is 3. The van der Waals surface area contributed by atoms with E-state index >= 15 is 0 Å². The fourth-order valence-corrected chi connectivity index (χ4v) is 2.29. The van der Waals surface area contributed by atoms with Crippen molar-refractivity contribution in [3.8, 4) is 0 Å². The smallest absolute Gasteiger partial charge is 0.179 e. The lowest BCUT2D eigenvalue weighted by atomic mass is 10.1. The lowest BCUT2D eigenvalue weighted by Gasteiger charge is -2.14. The zero-order valence-corrected chi connectivity index (χ0v) is 8.36. The predicted octanol–water partition coefficient (Wildman–Crippen LogP) is 2.20. The number of anilines is 1. The van der Waals surface area contributed by atoms with E-state index in [-0.39, 0.29) is 5.78 Å². The SMILES string of the molecule is Nc1ccc2c(c1)cc1n2CCCC1=O. The summed E-state index contributed by atoms with van der Waals surface area (Å²) in [5.41, 5.74) is 8.42. The molecule has 1 aliphatic rings. The first kappa shape index (κ1) is 8.53. The number of carbonyl (C=O) groups excluding carboxylic acids is 1. The number of carbonyl (C=O) groups is 1. The largest absolute Gasteiger partial charge is 0.399 e. The Labute approximate surface area is 87.5 Å². The first-order valence-corrected chi connectivity index (χ1v) is 5.18. The number of hydrogen-bond donors (Lipinski definition) is 1. The third-order valence-electron chi connectivity index (χ3n) is 3.00. The topological polar surface area (TPSA) is 48.0 Å². The highest BCUT2D eigenvalue weighted by atomic mass is 16.1. The Morgan fingerprint density at radius 3 is 3.00 bits per heavy atom. The first-order chi connectivity index (χ1) is 7.25. The second kappa shape index (κ2) is 2.86. The fraction of sp³-hybridized carbons (Fsp3) is 0.250. The summed E-state index contributed by atoms with van der Waals surface area (Å²) in [6.45, 7) is 0.939. The number of nitrogen functional groups attached to an aromatic ring is 1. The molecule has 3 heteroatoms. The number of aromatic nitrogens is 1. The highest BCUT2D eigenvalue weighted by molar-refractivity contribution is 6.01. The second-order valence-electron chi connectivity index (χ2n) is 4.03. The van der Waals surface area contributed by atoms with Gasteiger partial charge in [0.25, 0.3) is 0 Å². The average Bonchev–Trinajstić information content (AvgIpc) is 2.57. The Morgan fingerprint density at radius 1 is 1.27 bits per heavy atom. The number of nitrogens with zero attached hydrogens (tertiary/aromatic N) is 1. The van der Waals surface area contributed by atoms with Gasteiger partial charge < -0.3 is 10.3 Å². The van der Waals surface area contributed by atoms with Crippen molar-refractivity contribution in [1.82, 2.24) is 4.57 Å². The van der Waals surface area contributed by atoms with Gasteiger partial charge in [-0.15, -0.1) is 0 Å². The molecule has 1 aromatic heterocycles. The zero-order valence-electron chi connectivity index (χ0n) is 8.36. The lowest BCUT2D eigenvalue weighted by molar-refractivity contribution is 0.0956. The van der Waals surface area contributed by atoms with E-state index in [1.54, 1.807) is 0 Å². The van der Waals surface area contributed by atoms with E-state index in [9.17, 15) is 4.79 Å². The monoisotopic (exact) mass is 200 g/mol. The molecule has 76 valence electrons. The summed E-state index contributed by atoms with van der Waals surface area (Å²) in [5.74, 6) is 0.246. The molecule has 2 heterocycles. The molecule has 0 bridgehead atoms. The normalized spacial score (nSPS) is 15.6. The summed E-state index contributed by atoms with van der Waals surface area (Å²) >= 11 is 0. The predicted molar refractivity (Wildman–Crippen MR) is 59.9 cm³/mol. The Hall–Kier alpha value is -1.77. The van der Waals surface area contributed by atoms with Crippen molar-refractivity contribution in [2.24, 2.45) is 0 Å². The molecule has 0 saturated heterocycles. The number of aryl methyl sites for hydroxylation is 1. The average molecular weight is 200 g/mol. The third kappa shape index (κ3) is 1.16. The molecule has 0 spiro atoms. The maximum Gasteiger partial charge on any atom is 0.179 e. The van der Waals surface area contributed by atoms with Crippen LogP contribution in [0.5, 0.6) is 0 Å². The molecule has 1 aliphatic heterocycles. The summed E-state index contributed by atoms with van der Waals surface area (Å²) in [4.78, 5) is 11.7. The van der Waals surface area contributed by atoms with Crippen LogP contribution < -0.4 is 5.73 Å². The van der Waals surface area contributed by atoms with Crippen LogP contribution in [0.15, 0.2) is 24.3 Å². The summed E-state index contributed by atoms with van der Waals surface area (Å²) in [6, 6.07) is 7.75. The minimum absolute atomic E-state index is 0.246. The minimum atomic E-state index is 0.246. The summed E-state index contributed by atoms with van der Waals surface area (Å²) in [5, 5.41) is 1.07. The van der Waals surface area contributed by atoms with Gasteiger partial charge in [0.15, 0.2) is 5.78 Å². The van der Waals surface area contributed by atoms with E-state index in [1.165, 1.54) is 0 Å². The summed E-state index contributed by atoms with van der Waals surface area (Å²) < 4.78 is 2.10. The van der Waals surface area contributed by atoms with Crippen molar-refractivity contribution in [3.05, 3.63) is 30.0 Å². The molecule has 0 amide bonds. The molecular formula is C12H12N2O. The van der Waals surface area contributed by atoms with Crippen LogP contribution in [0, 0.1) is 0 Å². The fourth-order valence-electron chi connectivity index (χ4n) is 2.29. The molecule has 2 N–H and O–H groups in total. The lowest BCUT2D eigenvalue weighted by Crippen LogP contribution is -2.15. The first-order valence-electron chi connectivity index (χ1n) is 5.18. The minimum Gasteiger partial charge on any atom is -0.399 e. The van der Waals surface area contributed by atoms with E-state index in [2.05, 4.69) is 4.57 Å². The van der Waals surface area contributed by atoms with Gasteiger partial charge >= 0.3 is 0 Å². The van der Waals surface area contributed by atoms with Gasteiger partial charge in [-0.3, -0.25) is 4.79 Å². The van der Waals surface area contributed by atoms with Crippen LogP contribution >= 0.6 is 0 Å². The summed E-state index contributed by atoms with van der Waals surface area (Å²) in [7, 11) is 0. The molecule has 0 radical (unpaired) electrons. The van der Waals surface area contributed by atoms with Crippen molar-refractivity contribution in [2.45, 2.75) is 19.4 Å². The maximum atomic E-state index is 11.7. The van der Waals surface area contributed by atoms with E-state index < -0.39 is 0 Å². The van der Waals surface area contributed by atoms with Gasteiger partial charge in [0.2, 0.25) is 0 Å². The van der Waals surface area contributed by atoms with Gasteiger partial charge in [0.1, 0.15) is 0 Å². The van der Waals surface area contributed by atoms with Crippen molar-refractivity contribution < 1.29 is 4.79 Å². The van der Waals surface area contributed by atoms with Gasteiger partial charge in [-0.1, -0.05) is 0 Å². The van der Waals surface area contributed by atoms with Crippen LogP contribution in [0.2, 0.25) is 0 Å². The second-order valence-corrected chi connectivity index (χ2v) is 4.03. The number of hydrogen-bond acceptors (Lipinski definition) is 2. The number of ketones is 1.